The highest BCUT2D eigenvalue weighted by Gasteiger charge is 2.47. The number of piperidine rings is 1. The molecule has 0 radical (unpaired) electrons. The number of nitrogens with zero attached hydrogens (tertiary/aromatic N) is 2. The summed E-state index contributed by atoms with van der Waals surface area (Å²) in [5, 5.41) is 0. The minimum atomic E-state index is 0.638. The summed E-state index contributed by atoms with van der Waals surface area (Å²) in [5.74, 6) is 0. The highest BCUT2D eigenvalue weighted by atomic mass is 15.3. The maximum atomic E-state index is 2.76. The first-order valence-electron chi connectivity index (χ1n) is 9.83. The highest BCUT2D eigenvalue weighted by Crippen LogP contribution is 2.47. The quantitative estimate of drug-likeness (QED) is 0.806. The standard InChI is InChI=1S/C23H28N2/c1-24-13-11-23(12-14-24)16-25(17-23)22-10-8-20-15-19(7-9-21(20)22)18-5-3-2-4-6-18/h2-7,9,15,22H,8,10-14,16-17H2,1H3/t22-/m1/s1. The van der Waals surface area contributed by atoms with Crippen LogP contribution in [0.2, 0.25) is 0 Å². The first-order valence-corrected chi connectivity index (χ1v) is 9.83. The maximum absolute atomic E-state index is 2.76. The van der Waals surface area contributed by atoms with Gasteiger partial charge in [0.25, 0.3) is 0 Å². The highest BCUT2D eigenvalue weighted by molar-refractivity contribution is 5.65. The fourth-order valence-corrected chi connectivity index (χ4v) is 5.23. The summed E-state index contributed by atoms with van der Waals surface area (Å²) in [6.07, 6.45) is 5.34. The van der Waals surface area contributed by atoms with Gasteiger partial charge in [-0.1, -0.05) is 48.5 Å². The van der Waals surface area contributed by atoms with Crippen molar-refractivity contribution in [1.82, 2.24) is 9.80 Å². The van der Waals surface area contributed by atoms with Crippen molar-refractivity contribution in [3.63, 3.8) is 0 Å². The van der Waals surface area contributed by atoms with Gasteiger partial charge in [-0.15, -0.1) is 0 Å². The third-order valence-corrected chi connectivity index (χ3v) is 6.86. The number of aryl methyl sites for hydroxylation is 1. The van der Waals surface area contributed by atoms with E-state index in [-0.39, 0.29) is 0 Å². The van der Waals surface area contributed by atoms with Crippen LogP contribution in [-0.2, 0) is 6.42 Å². The summed E-state index contributed by atoms with van der Waals surface area (Å²) in [4.78, 5) is 5.25. The molecule has 3 aliphatic rings. The van der Waals surface area contributed by atoms with Crippen LogP contribution < -0.4 is 0 Å². The SMILES string of the molecule is CN1CCC2(CC1)CN([C@@H]1CCc3cc(-c4ccccc4)ccc31)C2. The van der Waals surface area contributed by atoms with Crippen molar-refractivity contribution in [3.05, 3.63) is 59.7 Å². The van der Waals surface area contributed by atoms with Gasteiger partial charge in [0, 0.05) is 19.1 Å². The van der Waals surface area contributed by atoms with E-state index in [0.717, 1.165) is 0 Å². The van der Waals surface area contributed by atoms with Crippen LogP contribution in [0.15, 0.2) is 48.5 Å². The molecule has 2 aromatic carbocycles. The molecular formula is C23H28N2. The molecule has 2 heteroatoms. The number of rotatable bonds is 2. The lowest BCUT2D eigenvalue weighted by Gasteiger charge is -2.56. The molecule has 2 saturated heterocycles. The molecule has 0 bridgehead atoms. The van der Waals surface area contributed by atoms with E-state index in [1.54, 1.807) is 11.1 Å². The maximum Gasteiger partial charge on any atom is 0.0354 e. The van der Waals surface area contributed by atoms with Gasteiger partial charge in [0.15, 0.2) is 0 Å². The normalized spacial score (nSPS) is 25.7. The lowest BCUT2D eigenvalue weighted by Crippen LogP contribution is -2.60. The molecule has 0 aromatic heterocycles. The summed E-state index contributed by atoms with van der Waals surface area (Å²) in [5.41, 5.74) is 6.52. The summed E-state index contributed by atoms with van der Waals surface area (Å²) < 4.78 is 0. The van der Waals surface area contributed by atoms with E-state index < -0.39 is 0 Å². The second-order valence-electron chi connectivity index (χ2n) is 8.54. The Morgan fingerprint density at radius 1 is 0.920 bits per heavy atom. The van der Waals surface area contributed by atoms with Gasteiger partial charge in [-0.05, 0) is 73.5 Å². The van der Waals surface area contributed by atoms with Gasteiger partial charge >= 0.3 is 0 Å². The van der Waals surface area contributed by atoms with Crippen LogP contribution in [0.3, 0.4) is 0 Å². The smallest absolute Gasteiger partial charge is 0.0354 e. The Hall–Kier alpha value is -1.64. The minimum Gasteiger partial charge on any atom is -0.306 e. The van der Waals surface area contributed by atoms with Crippen molar-refractivity contribution in [2.75, 3.05) is 33.2 Å². The van der Waals surface area contributed by atoms with E-state index in [1.807, 2.05) is 0 Å². The van der Waals surface area contributed by atoms with Gasteiger partial charge in [0.1, 0.15) is 0 Å². The van der Waals surface area contributed by atoms with Crippen molar-refractivity contribution < 1.29 is 0 Å². The molecule has 2 aromatic rings. The molecule has 0 saturated carbocycles. The summed E-state index contributed by atoms with van der Waals surface area (Å²) >= 11 is 0. The van der Waals surface area contributed by atoms with E-state index in [2.05, 4.69) is 65.4 Å². The van der Waals surface area contributed by atoms with Crippen LogP contribution in [0, 0.1) is 5.41 Å². The Balaban J connectivity index is 1.32. The molecule has 1 atom stereocenters. The first kappa shape index (κ1) is 15.6. The number of likely N-dealkylation sites (tertiary alicyclic amines) is 2. The molecule has 2 heterocycles. The molecule has 1 aliphatic carbocycles. The first-order chi connectivity index (χ1) is 12.2. The Labute approximate surface area is 151 Å². The van der Waals surface area contributed by atoms with E-state index in [4.69, 9.17) is 0 Å². The van der Waals surface area contributed by atoms with Crippen LogP contribution in [-0.4, -0.2) is 43.0 Å². The number of hydrogen-bond acceptors (Lipinski definition) is 2. The Morgan fingerprint density at radius 3 is 2.44 bits per heavy atom. The zero-order valence-electron chi connectivity index (χ0n) is 15.2. The van der Waals surface area contributed by atoms with Crippen LogP contribution in [0.1, 0.15) is 36.4 Å². The molecule has 5 rings (SSSR count). The van der Waals surface area contributed by atoms with Crippen molar-refractivity contribution in [2.24, 2.45) is 5.41 Å². The Bertz CT molecular complexity index is 751. The molecule has 25 heavy (non-hydrogen) atoms. The largest absolute Gasteiger partial charge is 0.306 e. The molecule has 2 nitrogen and oxygen atoms in total. The predicted octanol–water partition coefficient (Wildman–Crippen LogP) is 4.37. The third-order valence-electron chi connectivity index (χ3n) is 6.86. The molecule has 1 spiro atoms. The third kappa shape index (κ3) is 2.72. The van der Waals surface area contributed by atoms with Gasteiger partial charge in [-0.2, -0.15) is 0 Å². The van der Waals surface area contributed by atoms with Gasteiger partial charge in [-0.3, -0.25) is 4.90 Å². The zero-order valence-corrected chi connectivity index (χ0v) is 15.2. The average Bonchev–Trinajstić information content (AvgIpc) is 3.04. The Kier molecular flexibility index (Phi) is 3.72. The van der Waals surface area contributed by atoms with E-state index in [9.17, 15) is 0 Å². The second kappa shape index (κ2) is 5.96. The lowest BCUT2D eigenvalue weighted by atomic mass is 9.71. The second-order valence-corrected chi connectivity index (χ2v) is 8.54. The predicted molar refractivity (Wildman–Crippen MR) is 104 cm³/mol. The molecule has 2 fully saturated rings. The van der Waals surface area contributed by atoms with Crippen molar-refractivity contribution in [1.29, 1.82) is 0 Å². The monoisotopic (exact) mass is 332 g/mol. The topological polar surface area (TPSA) is 6.48 Å². The lowest BCUT2D eigenvalue weighted by molar-refractivity contribution is -0.0667. The minimum absolute atomic E-state index is 0.638. The van der Waals surface area contributed by atoms with Gasteiger partial charge in [0.05, 0.1) is 0 Å². The van der Waals surface area contributed by atoms with Crippen LogP contribution in [0.4, 0.5) is 0 Å². The summed E-state index contributed by atoms with van der Waals surface area (Å²) in [6, 6.07) is 18.6. The van der Waals surface area contributed by atoms with Crippen molar-refractivity contribution in [2.45, 2.75) is 31.7 Å². The zero-order chi connectivity index (χ0) is 16.9. The molecule has 130 valence electrons. The number of fused-ring (bicyclic) bond motifs is 1. The fraction of sp³-hybridized carbons (Fsp3) is 0.478. The van der Waals surface area contributed by atoms with Gasteiger partial charge in [0.2, 0.25) is 0 Å². The molecule has 0 N–H and O–H groups in total. The summed E-state index contributed by atoms with van der Waals surface area (Å²) in [6.45, 7) is 5.22. The number of benzene rings is 2. The van der Waals surface area contributed by atoms with Crippen LogP contribution >= 0.6 is 0 Å². The van der Waals surface area contributed by atoms with Crippen molar-refractivity contribution >= 4 is 0 Å². The average molecular weight is 332 g/mol. The molecular weight excluding hydrogens is 304 g/mol. The van der Waals surface area contributed by atoms with E-state index in [0.29, 0.717) is 11.5 Å². The number of hydrogen-bond donors (Lipinski definition) is 0. The van der Waals surface area contributed by atoms with Crippen molar-refractivity contribution in [3.8, 4) is 11.1 Å². The van der Waals surface area contributed by atoms with Gasteiger partial charge in [-0.25, -0.2) is 0 Å². The molecule has 2 aliphatic heterocycles. The Morgan fingerprint density at radius 2 is 1.68 bits per heavy atom. The van der Waals surface area contributed by atoms with Crippen LogP contribution in [0.25, 0.3) is 11.1 Å². The van der Waals surface area contributed by atoms with Gasteiger partial charge < -0.3 is 4.90 Å². The van der Waals surface area contributed by atoms with E-state index in [1.165, 1.54) is 63.0 Å². The fourth-order valence-electron chi connectivity index (χ4n) is 5.23. The van der Waals surface area contributed by atoms with Crippen LogP contribution in [0.5, 0.6) is 0 Å². The molecule has 0 unspecified atom stereocenters. The summed E-state index contributed by atoms with van der Waals surface area (Å²) in [7, 11) is 2.26. The molecule has 0 amide bonds. The van der Waals surface area contributed by atoms with E-state index >= 15 is 0 Å².